The fourth-order valence-corrected chi connectivity index (χ4v) is 3.28. The Morgan fingerprint density at radius 1 is 1.43 bits per heavy atom. The first kappa shape index (κ1) is 14.1. The quantitative estimate of drug-likeness (QED) is 0.935. The lowest BCUT2D eigenvalue weighted by Crippen LogP contribution is -2.30. The Balaban J connectivity index is 1.99. The molecule has 2 aromatic heterocycles. The Hall–Kier alpha value is -1.81. The number of likely N-dealkylation sites (N-methyl/N-ethyl adjacent to an activating group) is 1. The van der Waals surface area contributed by atoms with E-state index in [4.69, 9.17) is 0 Å². The maximum Gasteiger partial charge on any atom is 0.141 e. The number of nitrogens with one attached hydrogen (secondary N) is 1. The maximum atomic E-state index is 13.5. The number of hydrogen-bond donors (Lipinski definition) is 1. The number of hydrogen-bond acceptors (Lipinski definition) is 3. The van der Waals surface area contributed by atoms with E-state index in [1.807, 2.05) is 12.3 Å². The molecule has 1 aliphatic carbocycles. The summed E-state index contributed by atoms with van der Waals surface area (Å²) in [6, 6.07) is 5.79. The van der Waals surface area contributed by atoms with E-state index in [-0.39, 0.29) is 17.8 Å². The molecule has 0 bridgehead atoms. The molecule has 0 fully saturated rings. The molecule has 0 saturated heterocycles. The van der Waals surface area contributed by atoms with Crippen LogP contribution in [-0.2, 0) is 6.42 Å². The minimum absolute atomic E-state index is 0.0622. The van der Waals surface area contributed by atoms with Gasteiger partial charge in [0.25, 0.3) is 0 Å². The van der Waals surface area contributed by atoms with E-state index < -0.39 is 0 Å². The summed E-state index contributed by atoms with van der Waals surface area (Å²) in [5.74, 6) is -0.00837. The van der Waals surface area contributed by atoms with E-state index in [0.29, 0.717) is 0 Å². The molecule has 3 rings (SSSR count). The van der Waals surface area contributed by atoms with Crippen LogP contribution < -0.4 is 5.32 Å². The van der Waals surface area contributed by atoms with Gasteiger partial charge in [0, 0.05) is 30.0 Å². The summed E-state index contributed by atoms with van der Waals surface area (Å²) in [5.41, 5.74) is 3.38. The second-order valence-corrected chi connectivity index (χ2v) is 5.52. The van der Waals surface area contributed by atoms with Crippen LogP contribution in [0.25, 0.3) is 0 Å². The molecule has 0 amide bonds. The van der Waals surface area contributed by atoms with Gasteiger partial charge < -0.3 is 5.32 Å². The summed E-state index contributed by atoms with van der Waals surface area (Å²) in [4.78, 5) is 8.60. The van der Waals surface area contributed by atoms with Crippen molar-refractivity contribution in [2.24, 2.45) is 0 Å². The normalized spacial score (nSPS) is 19.0. The topological polar surface area (TPSA) is 37.8 Å². The summed E-state index contributed by atoms with van der Waals surface area (Å²) in [5, 5.41) is 3.49. The third-order valence-corrected chi connectivity index (χ3v) is 4.15. The van der Waals surface area contributed by atoms with Gasteiger partial charge in [-0.15, -0.1) is 0 Å². The summed E-state index contributed by atoms with van der Waals surface area (Å²) >= 11 is 0. The Morgan fingerprint density at radius 3 is 3.14 bits per heavy atom. The van der Waals surface area contributed by atoms with Crippen molar-refractivity contribution in [1.82, 2.24) is 15.3 Å². The molecule has 2 heterocycles. The van der Waals surface area contributed by atoms with Gasteiger partial charge in [0.2, 0.25) is 0 Å². The summed E-state index contributed by atoms with van der Waals surface area (Å²) in [6.07, 6.45) is 8.16. The second kappa shape index (κ2) is 6.31. The lowest BCUT2D eigenvalue weighted by Gasteiger charge is -2.32. The van der Waals surface area contributed by atoms with Crippen molar-refractivity contribution in [2.75, 3.05) is 6.54 Å². The molecule has 0 saturated carbocycles. The van der Waals surface area contributed by atoms with Crippen LogP contribution in [-0.4, -0.2) is 16.5 Å². The fourth-order valence-electron chi connectivity index (χ4n) is 3.28. The molecule has 2 aromatic rings. The Kier molecular flexibility index (Phi) is 4.25. The third-order valence-electron chi connectivity index (χ3n) is 4.15. The van der Waals surface area contributed by atoms with Gasteiger partial charge in [0.15, 0.2) is 0 Å². The molecule has 21 heavy (non-hydrogen) atoms. The molecular weight excluding hydrogens is 265 g/mol. The van der Waals surface area contributed by atoms with Gasteiger partial charge in [-0.05, 0) is 49.1 Å². The standard InChI is InChI=1S/C17H20FN3/c1-2-20-17(13-9-14(18)11-19-10-13)15-7-3-5-12-6-4-8-21-16(12)15/h4,6,8-11,15,17,20H,2-3,5,7H2,1H3. The summed E-state index contributed by atoms with van der Waals surface area (Å²) in [7, 11) is 0. The van der Waals surface area contributed by atoms with Crippen LogP contribution in [0.1, 0.15) is 48.5 Å². The van der Waals surface area contributed by atoms with E-state index in [1.165, 1.54) is 11.8 Å². The number of fused-ring (bicyclic) bond motifs is 1. The van der Waals surface area contributed by atoms with Crippen LogP contribution in [0, 0.1) is 5.82 Å². The highest BCUT2D eigenvalue weighted by atomic mass is 19.1. The molecule has 1 aliphatic rings. The lowest BCUT2D eigenvalue weighted by atomic mass is 9.80. The van der Waals surface area contributed by atoms with Gasteiger partial charge in [-0.2, -0.15) is 0 Å². The van der Waals surface area contributed by atoms with Crippen molar-refractivity contribution >= 4 is 0 Å². The SMILES string of the molecule is CCNC(c1cncc(F)c1)C1CCCc2cccnc21. The molecule has 0 aliphatic heterocycles. The molecular formula is C17H20FN3. The zero-order chi connectivity index (χ0) is 14.7. The van der Waals surface area contributed by atoms with Crippen molar-refractivity contribution in [2.45, 2.75) is 38.1 Å². The van der Waals surface area contributed by atoms with E-state index in [2.05, 4.69) is 28.3 Å². The first-order valence-electron chi connectivity index (χ1n) is 7.57. The maximum absolute atomic E-state index is 13.5. The summed E-state index contributed by atoms with van der Waals surface area (Å²) < 4.78 is 13.5. The number of rotatable bonds is 4. The van der Waals surface area contributed by atoms with Gasteiger partial charge in [-0.1, -0.05) is 13.0 Å². The van der Waals surface area contributed by atoms with Crippen molar-refractivity contribution in [1.29, 1.82) is 0 Å². The van der Waals surface area contributed by atoms with Crippen LogP contribution in [0.3, 0.4) is 0 Å². The molecule has 1 N–H and O–H groups in total. The van der Waals surface area contributed by atoms with E-state index >= 15 is 0 Å². The van der Waals surface area contributed by atoms with E-state index in [9.17, 15) is 4.39 Å². The Labute approximate surface area is 124 Å². The number of halogens is 1. The van der Waals surface area contributed by atoms with Crippen molar-refractivity contribution in [3.63, 3.8) is 0 Å². The van der Waals surface area contributed by atoms with Crippen molar-refractivity contribution in [3.05, 3.63) is 59.4 Å². The van der Waals surface area contributed by atoms with Gasteiger partial charge in [-0.25, -0.2) is 4.39 Å². The average molecular weight is 285 g/mol. The predicted octanol–water partition coefficient (Wildman–Crippen LogP) is 3.39. The largest absolute Gasteiger partial charge is 0.310 e. The zero-order valence-electron chi connectivity index (χ0n) is 12.2. The average Bonchev–Trinajstić information content (AvgIpc) is 2.52. The molecule has 110 valence electrons. The molecule has 0 spiro atoms. The highest BCUT2D eigenvalue weighted by Gasteiger charge is 2.30. The first-order chi connectivity index (χ1) is 10.3. The highest BCUT2D eigenvalue weighted by Crippen LogP contribution is 2.39. The van der Waals surface area contributed by atoms with Gasteiger partial charge in [0.05, 0.1) is 6.20 Å². The monoisotopic (exact) mass is 285 g/mol. The smallest absolute Gasteiger partial charge is 0.141 e. The van der Waals surface area contributed by atoms with E-state index in [1.54, 1.807) is 12.3 Å². The molecule has 2 unspecified atom stereocenters. The van der Waals surface area contributed by atoms with Crippen LogP contribution >= 0.6 is 0 Å². The van der Waals surface area contributed by atoms with Crippen LogP contribution in [0.4, 0.5) is 4.39 Å². The highest BCUT2D eigenvalue weighted by molar-refractivity contribution is 5.30. The number of nitrogens with zero attached hydrogens (tertiary/aromatic N) is 2. The molecule has 4 heteroatoms. The fraction of sp³-hybridized carbons (Fsp3) is 0.412. The van der Waals surface area contributed by atoms with E-state index in [0.717, 1.165) is 37.1 Å². The Bertz CT molecular complexity index is 614. The first-order valence-corrected chi connectivity index (χ1v) is 7.57. The molecule has 3 nitrogen and oxygen atoms in total. The van der Waals surface area contributed by atoms with Crippen molar-refractivity contribution < 1.29 is 4.39 Å². The predicted molar refractivity (Wildman–Crippen MR) is 80.5 cm³/mol. The van der Waals surface area contributed by atoms with Crippen LogP contribution in [0.5, 0.6) is 0 Å². The van der Waals surface area contributed by atoms with Gasteiger partial charge >= 0.3 is 0 Å². The Morgan fingerprint density at radius 2 is 2.33 bits per heavy atom. The minimum atomic E-state index is -0.285. The lowest BCUT2D eigenvalue weighted by molar-refractivity contribution is 0.398. The molecule has 0 radical (unpaired) electrons. The second-order valence-electron chi connectivity index (χ2n) is 5.52. The number of aromatic nitrogens is 2. The van der Waals surface area contributed by atoms with Crippen LogP contribution in [0.2, 0.25) is 0 Å². The van der Waals surface area contributed by atoms with Crippen molar-refractivity contribution in [3.8, 4) is 0 Å². The third kappa shape index (κ3) is 2.95. The molecule has 2 atom stereocenters. The minimum Gasteiger partial charge on any atom is -0.310 e. The van der Waals surface area contributed by atoms with Crippen LogP contribution in [0.15, 0.2) is 36.8 Å². The molecule has 0 aromatic carbocycles. The number of pyridine rings is 2. The number of aryl methyl sites for hydroxylation is 1. The van der Waals surface area contributed by atoms with Gasteiger partial charge in [0.1, 0.15) is 5.82 Å². The zero-order valence-corrected chi connectivity index (χ0v) is 12.2. The summed E-state index contributed by atoms with van der Waals surface area (Å²) in [6.45, 7) is 2.90. The van der Waals surface area contributed by atoms with Gasteiger partial charge in [-0.3, -0.25) is 9.97 Å².